The summed E-state index contributed by atoms with van der Waals surface area (Å²) in [6.45, 7) is 4.59. The zero-order valence-corrected chi connectivity index (χ0v) is 13.2. The van der Waals surface area contributed by atoms with E-state index >= 15 is 0 Å². The first-order valence-electron chi connectivity index (χ1n) is 7.50. The molecule has 2 aliphatic rings. The highest BCUT2D eigenvalue weighted by Gasteiger charge is 2.40. The zero-order chi connectivity index (χ0) is 13.3. The fourth-order valence-electron chi connectivity index (χ4n) is 3.66. The Morgan fingerprint density at radius 1 is 1.37 bits per heavy atom. The quantitative estimate of drug-likeness (QED) is 0.886. The largest absolute Gasteiger partial charge is 0.365 e. The molecule has 2 nitrogen and oxygen atoms in total. The number of nitrogens with one attached hydrogen (secondary N) is 1. The van der Waals surface area contributed by atoms with E-state index in [0.29, 0.717) is 11.6 Å². The first-order valence-corrected chi connectivity index (χ1v) is 8.29. The number of halogens is 1. The zero-order valence-electron chi connectivity index (χ0n) is 11.7. The van der Waals surface area contributed by atoms with Crippen molar-refractivity contribution in [2.24, 2.45) is 0 Å². The van der Waals surface area contributed by atoms with E-state index in [1.165, 1.54) is 48.8 Å². The van der Waals surface area contributed by atoms with E-state index in [1.807, 2.05) is 0 Å². The van der Waals surface area contributed by atoms with Gasteiger partial charge in [0.15, 0.2) is 0 Å². The number of anilines is 1. The summed E-state index contributed by atoms with van der Waals surface area (Å²) in [7, 11) is 0. The molecule has 3 heteroatoms. The summed E-state index contributed by atoms with van der Waals surface area (Å²) >= 11 is 3.60. The van der Waals surface area contributed by atoms with Crippen LogP contribution in [0.2, 0.25) is 0 Å². The summed E-state index contributed by atoms with van der Waals surface area (Å²) in [6, 6.07) is 9.39. The van der Waals surface area contributed by atoms with Gasteiger partial charge in [0.25, 0.3) is 0 Å². The van der Waals surface area contributed by atoms with Crippen LogP contribution in [0.5, 0.6) is 0 Å². The fourth-order valence-corrected chi connectivity index (χ4v) is 4.05. The van der Waals surface area contributed by atoms with Gasteiger partial charge in [0.05, 0.1) is 0 Å². The van der Waals surface area contributed by atoms with E-state index in [4.69, 9.17) is 0 Å². The van der Waals surface area contributed by atoms with Crippen LogP contribution in [0, 0.1) is 0 Å². The molecule has 1 saturated heterocycles. The lowest BCUT2D eigenvalue weighted by molar-refractivity contribution is 0.267. The smallest absolute Gasteiger partial charge is 0.0412 e. The van der Waals surface area contributed by atoms with Crippen molar-refractivity contribution in [1.82, 2.24) is 5.32 Å². The molecule has 0 bridgehead atoms. The minimum atomic E-state index is 0.383. The standard InChI is InChI=1S/C16H23BrN2/c1-2-14-11-18-16(8-3-4-9-16)12-19(14)15-7-5-6-13(17)10-15/h5-7,10,14,18H,2-4,8-9,11-12H2,1H3. The average Bonchev–Trinajstić information content (AvgIpc) is 2.87. The highest BCUT2D eigenvalue weighted by atomic mass is 79.9. The lowest BCUT2D eigenvalue weighted by Gasteiger charge is -2.47. The molecule has 1 aliphatic carbocycles. The molecule has 1 aliphatic heterocycles. The Kier molecular flexibility index (Phi) is 3.86. The predicted octanol–water partition coefficient (Wildman–Crippen LogP) is 3.95. The maximum atomic E-state index is 3.86. The van der Waals surface area contributed by atoms with Crippen molar-refractivity contribution in [2.45, 2.75) is 50.6 Å². The Balaban J connectivity index is 1.86. The fraction of sp³-hybridized carbons (Fsp3) is 0.625. The third-order valence-corrected chi connectivity index (χ3v) is 5.29. The lowest BCUT2D eigenvalue weighted by Crippen LogP contribution is -2.63. The van der Waals surface area contributed by atoms with Crippen molar-refractivity contribution >= 4 is 21.6 Å². The molecule has 19 heavy (non-hydrogen) atoms. The maximum absolute atomic E-state index is 3.86. The Bertz CT molecular complexity index is 440. The molecule has 1 atom stereocenters. The van der Waals surface area contributed by atoms with Gasteiger partial charge in [0, 0.05) is 34.8 Å². The minimum absolute atomic E-state index is 0.383. The number of hydrogen-bond acceptors (Lipinski definition) is 2. The Labute approximate surface area is 124 Å². The van der Waals surface area contributed by atoms with Gasteiger partial charge in [-0.25, -0.2) is 0 Å². The minimum Gasteiger partial charge on any atom is -0.365 e. The van der Waals surface area contributed by atoms with Crippen molar-refractivity contribution in [3.05, 3.63) is 28.7 Å². The molecule has 0 amide bonds. The number of piperazine rings is 1. The Hall–Kier alpha value is -0.540. The van der Waals surface area contributed by atoms with Gasteiger partial charge >= 0.3 is 0 Å². The molecule has 1 spiro atoms. The van der Waals surface area contributed by atoms with Crippen LogP contribution >= 0.6 is 15.9 Å². The molecular formula is C16H23BrN2. The van der Waals surface area contributed by atoms with Crippen LogP contribution in [0.3, 0.4) is 0 Å². The monoisotopic (exact) mass is 322 g/mol. The van der Waals surface area contributed by atoms with Crippen LogP contribution in [0.25, 0.3) is 0 Å². The second-order valence-electron chi connectivity index (χ2n) is 6.04. The van der Waals surface area contributed by atoms with Gasteiger partial charge in [0.2, 0.25) is 0 Å². The molecule has 104 valence electrons. The van der Waals surface area contributed by atoms with Crippen LogP contribution in [-0.2, 0) is 0 Å². The predicted molar refractivity (Wildman–Crippen MR) is 84.8 cm³/mol. The molecule has 1 aromatic carbocycles. The summed E-state index contributed by atoms with van der Waals surface area (Å²) < 4.78 is 1.18. The SMILES string of the molecule is CCC1CNC2(CCCC2)CN1c1cccc(Br)c1. The van der Waals surface area contributed by atoms with Gasteiger partial charge in [-0.2, -0.15) is 0 Å². The summed E-state index contributed by atoms with van der Waals surface area (Å²) in [5.74, 6) is 0. The van der Waals surface area contributed by atoms with E-state index < -0.39 is 0 Å². The lowest BCUT2D eigenvalue weighted by atomic mass is 9.91. The normalized spacial score (nSPS) is 26.0. The van der Waals surface area contributed by atoms with Gasteiger partial charge in [-0.3, -0.25) is 0 Å². The van der Waals surface area contributed by atoms with Crippen LogP contribution in [0.15, 0.2) is 28.7 Å². The summed E-state index contributed by atoms with van der Waals surface area (Å²) in [4.78, 5) is 2.63. The van der Waals surface area contributed by atoms with Crippen LogP contribution < -0.4 is 10.2 Å². The Morgan fingerprint density at radius 2 is 2.16 bits per heavy atom. The highest BCUT2D eigenvalue weighted by molar-refractivity contribution is 9.10. The molecule has 1 N–H and O–H groups in total. The van der Waals surface area contributed by atoms with E-state index in [-0.39, 0.29) is 0 Å². The molecule has 1 saturated carbocycles. The second kappa shape index (κ2) is 5.45. The summed E-state index contributed by atoms with van der Waals surface area (Å²) in [5.41, 5.74) is 1.75. The average molecular weight is 323 g/mol. The number of benzene rings is 1. The molecule has 1 heterocycles. The molecule has 1 aromatic rings. The third kappa shape index (κ3) is 2.68. The summed E-state index contributed by atoms with van der Waals surface area (Å²) in [5, 5.41) is 3.86. The Morgan fingerprint density at radius 3 is 2.84 bits per heavy atom. The first-order chi connectivity index (χ1) is 9.22. The number of hydrogen-bond donors (Lipinski definition) is 1. The molecule has 3 rings (SSSR count). The molecule has 0 radical (unpaired) electrons. The first kappa shape index (κ1) is 13.4. The third-order valence-electron chi connectivity index (χ3n) is 4.80. The van der Waals surface area contributed by atoms with Crippen molar-refractivity contribution in [3.8, 4) is 0 Å². The van der Waals surface area contributed by atoms with E-state index in [2.05, 4.69) is 57.3 Å². The van der Waals surface area contributed by atoms with Gasteiger partial charge in [-0.1, -0.05) is 41.8 Å². The van der Waals surface area contributed by atoms with Gasteiger partial charge in [0.1, 0.15) is 0 Å². The van der Waals surface area contributed by atoms with Gasteiger partial charge < -0.3 is 10.2 Å². The van der Waals surface area contributed by atoms with Gasteiger partial charge in [-0.05, 0) is 37.5 Å². The number of nitrogens with zero attached hydrogens (tertiary/aromatic N) is 1. The molecule has 0 aromatic heterocycles. The van der Waals surface area contributed by atoms with Crippen molar-refractivity contribution in [3.63, 3.8) is 0 Å². The van der Waals surface area contributed by atoms with E-state index in [0.717, 1.165) is 6.54 Å². The topological polar surface area (TPSA) is 15.3 Å². The van der Waals surface area contributed by atoms with Crippen LogP contribution in [-0.4, -0.2) is 24.7 Å². The van der Waals surface area contributed by atoms with Crippen LogP contribution in [0.4, 0.5) is 5.69 Å². The van der Waals surface area contributed by atoms with Crippen LogP contribution in [0.1, 0.15) is 39.0 Å². The van der Waals surface area contributed by atoms with Gasteiger partial charge in [-0.15, -0.1) is 0 Å². The van der Waals surface area contributed by atoms with Crippen molar-refractivity contribution in [1.29, 1.82) is 0 Å². The second-order valence-corrected chi connectivity index (χ2v) is 6.95. The molecule has 1 unspecified atom stereocenters. The van der Waals surface area contributed by atoms with E-state index in [1.54, 1.807) is 0 Å². The highest BCUT2D eigenvalue weighted by Crippen LogP contribution is 2.36. The van der Waals surface area contributed by atoms with E-state index in [9.17, 15) is 0 Å². The summed E-state index contributed by atoms with van der Waals surface area (Å²) in [6.07, 6.45) is 6.66. The molecular weight excluding hydrogens is 300 g/mol. The molecule has 2 fully saturated rings. The number of rotatable bonds is 2. The maximum Gasteiger partial charge on any atom is 0.0412 e. The van der Waals surface area contributed by atoms with Crippen molar-refractivity contribution in [2.75, 3.05) is 18.0 Å². The van der Waals surface area contributed by atoms with Crippen molar-refractivity contribution < 1.29 is 0 Å².